The molecule has 1 aromatic heterocycles. The number of hydrogen-bond donors (Lipinski definition) is 1. The molecule has 1 heterocycles. The van der Waals surface area contributed by atoms with Gasteiger partial charge < -0.3 is 4.98 Å². The highest BCUT2D eigenvalue weighted by molar-refractivity contribution is 6.26. The quantitative estimate of drug-likeness (QED) is 0.262. The van der Waals surface area contributed by atoms with Gasteiger partial charge in [-0.2, -0.15) is 0 Å². The molecule has 0 atom stereocenters. The second kappa shape index (κ2) is 5.36. The number of nitrogens with one attached hydrogen (secondary N) is 1. The topological polar surface area (TPSA) is 15.8 Å². The van der Waals surface area contributed by atoms with Crippen molar-refractivity contribution in [3.63, 3.8) is 0 Å². The van der Waals surface area contributed by atoms with Crippen LogP contribution in [0.3, 0.4) is 0 Å². The van der Waals surface area contributed by atoms with Gasteiger partial charge in [-0.25, -0.2) is 0 Å². The van der Waals surface area contributed by atoms with Crippen LogP contribution in [0.15, 0.2) is 97.1 Å². The lowest BCUT2D eigenvalue weighted by molar-refractivity contribution is 1.58. The first-order chi connectivity index (χ1) is 14.4. The monoisotopic (exact) mass is 367 g/mol. The van der Waals surface area contributed by atoms with Gasteiger partial charge >= 0.3 is 0 Å². The second-order valence-corrected chi connectivity index (χ2v) is 7.86. The van der Waals surface area contributed by atoms with E-state index in [1.807, 2.05) is 0 Å². The van der Waals surface area contributed by atoms with Crippen molar-refractivity contribution in [3.05, 3.63) is 97.1 Å². The summed E-state index contributed by atoms with van der Waals surface area (Å²) in [6.07, 6.45) is 0. The fourth-order valence-corrected chi connectivity index (χ4v) is 5.02. The smallest absolute Gasteiger partial charge is 0.0544 e. The van der Waals surface area contributed by atoms with Crippen LogP contribution in [0.2, 0.25) is 0 Å². The summed E-state index contributed by atoms with van der Waals surface area (Å²) in [4.78, 5) is 3.77. The zero-order valence-corrected chi connectivity index (χ0v) is 15.7. The molecule has 0 saturated carbocycles. The molecule has 0 amide bonds. The second-order valence-electron chi connectivity index (χ2n) is 7.86. The lowest BCUT2D eigenvalue weighted by Crippen LogP contribution is -1.82. The summed E-state index contributed by atoms with van der Waals surface area (Å²) in [5.74, 6) is 0. The number of aromatic amines is 1. The molecule has 0 saturated heterocycles. The molecule has 0 bridgehead atoms. The van der Waals surface area contributed by atoms with Gasteiger partial charge in [0.2, 0.25) is 0 Å². The van der Waals surface area contributed by atoms with Crippen molar-refractivity contribution in [2.45, 2.75) is 0 Å². The molecule has 0 aliphatic carbocycles. The standard InChI is InChI=1S/C28H17N/c1-3-7-19-17(5-1)9-11-22-21(19)13-15-24-23(22)14-16-26-25-12-10-18-6-2-4-8-20(18)27(25)29-28(24)26/h1-16,29H. The minimum Gasteiger partial charge on any atom is -0.353 e. The Kier molecular flexibility index (Phi) is 2.80. The summed E-state index contributed by atoms with van der Waals surface area (Å²) in [7, 11) is 0. The molecule has 0 fully saturated rings. The van der Waals surface area contributed by atoms with Crippen LogP contribution in [-0.2, 0) is 0 Å². The molecule has 7 aromatic rings. The Labute approximate surface area is 167 Å². The number of benzene rings is 6. The van der Waals surface area contributed by atoms with E-state index in [1.165, 1.54) is 64.9 Å². The van der Waals surface area contributed by atoms with Crippen molar-refractivity contribution >= 4 is 64.9 Å². The maximum Gasteiger partial charge on any atom is 0.0544 e. The van der Waals surface area contributed by atoms with Gasteiger partial charge in [0.05, 0.1) is 11.0 Å². The molecule has 0 spiro atoms. The first kappa shape index (κ1) is 15.1. The molecule has 0 aliphatic rings. The minimum atomic E-state index is 1.23. The Morgan fingerprint density at radius 3 is 1.48 bits per heavy atom. The van der Waals surface area contributed by atoms with Gasteiger partial charge in [0.1, 0.15) is 0 Å². The Hall–Kier alpha value is -3.84. The van der Waals surface area contributed by atoms with Gasteiger partial charge in [0.25, 0.3) is 0 Å². The molecule has 1 N–H and O–H groups in total. The summed E-state index contributed by atoms with van der Waals surface area (Å²) >= 11 is 0. The molecule has 1 heteroatoms. The normalized spacial score (nSPS) is 12.1. The molecular weight excluding hydrogens is 350 g/mol. The van der Waals surface area contributed by atoms with Crippen molar-refractivity contribution in [1.29, 1.82) is 0 Å². The van der Waals surface area contributed by atoms with Crippen LogP contribution in [0.25, 0.3) is 64.9 Å². The van der Waals surface area contributed by atoms with Gasteiger partial charge in [0.15, 0.2) is 0 Å². The predicted molar refractivity (Wildman–Crippen MR) is 126 cm³/mol. The first-order valence-corrected chi connectivity index (χ1v) is 10.0. The van der Waals surface area contributed by atoms with Crippen LogP contribution in [0.5, 0.6) is 0 Å². The van der Waals surface area contributed by atoms with Crippen molar-refractivity contribution < 1.29 is 0 Å². The Morgan fingerprint density at radius 1 is 0.310 bits per heavy atom. The van der Waals surface area contributed by atoms with Crippen molar-refractivity contribution in [2.24, 2.45) is 0 Å². The zero-order chi connectivity index (χ0) is 18.9. The third-order valence-corrected chi connectivity index (χ3v) is 6.39. The van der Waals surface area contributed by atoms with E-state index in [0.717, 1.165) is 0 Å². The van der Waals surface area contributed by atoms with Crippen LogP contribution < -0.4 is 0 Å². The fraction of sp³-hybridized carbons (Fsp3) is 0. The lowest BCUT2D eigenvalue weighted by atomic mass is 9.96. The molecule has 0 aliphatic heterocycles. The van der Waals surface area contributed by atoms with Gasteiger partial charge in [-0.05, 0) is 32.3 Å². The van der Waals surface area contributed by atoms with Gasteiger partial charge in [-0.15, -0.1) is 0 Å². The molecule has 0 radical (unpaired) electrons. The largest absolute Gasteiger partial charge is 0.353 e. The SMILES string of the molecule is c1ccc2c(c1)ccc1c2ccc2c1ccc1c3ccc4ccccc4c3[nH]c21. The minimum absolute atomic E-state index is 1.23. The van der Waals surface area contributed by atoms with E-state index in [4.69, 9.17) is 0 Å². The lowest BCUT2D eigenvalue weighted by Gasteiger charge is -2.08. The van der Waals surface area contributed by atoms with Crippen LogP contribution in [0, 0.1) is 0 Å². The summed E-state index contributed by atoms with van der Waals surface area (Å²) in [5.41, 5.74) is 2.45. The highest BCUT2D eigenvalue weighted by Crippen LogP contribution is 2.38. The van der Waals surface area contributed by atoms with E-state index in [2.05, 4.69) is 102 Å². The summed E-state index contributed by atoms with van der Waals surface area (Å²) in [6.45, 7) is 0. The van der Waals surface area contributed by atoms with Gasteiger partial charge in [-0.3, -0.25) is 0 Å². The van der Waals surface area contributed by atoms with Crippen LogP contribution in [0.1, 0.15) is 0 Å². The molecule has 0 unspecified atom stereocenters. The Morgan fingerprint density at radius 2 is 0.724 bits per heavy atom. The van der Waals surface area contributed by atoms with E-state index in [9.17, 15) is 0 Å². The fourth-order valence-electron chi connectivity index (χ4n) is 5.02. The summed E-state index contributed by atoms with van der Waals surface area (Å²) in [5, 5.41) is 12.9. The highest BCUT2D eigenvalue weighted by Gasteiger charge is 2.12. The molecule has 6 aromatic carbocycles. The number of H-pyrrole nitrogens is 1. The number of aromatic nitrogens is 1. The number of fused-ring (bicyclic) bond motifs is 11. The average molecular weight is 367 g/mol. The highest BCUT2D eigenvalue weighted by atomic mass is 14.7. The van der Waals surface area contributed by atoms with E-state index in [-0.39, 0.29) is 0 Å². The first-order valence-electron chi connectivity index (χ1n) is 10.0. The van der Waals surface area contributed by atoms with Crippen molar-refractivity contribution in [1.82, 2.24) is 4.98 Å². The molecular formula is C28H17N. The Balaban J connectivity index is 1.67. The summed E-state index contributed by atoms with van der Waals surface area (Å²) in [6, 6.07) is 35.3. The zero-order valence-electron chi connectivity index (χ0n) is 15.7. The van der Waals surface area contributed by atoms with E-state index in [1.54, 1.807) is 0 Å². The van der Waals surface area contributed by atoms with Gasteiger partial charge in [-0.1, -0.05) is 97.1 Å². The van der Waals surface area contributed by atoms with E-state index < -0.39 is 0 Å². The Bertz CT molecular complexity index is 1750. The third-order valence-electron chi connectivity index (χ3n) is 6.39. The van der Waals surface area contributed by atoms with Crippen LogP contribution >= 0.6 is 0 Å². The third kappa shape index (κ3) is 1.94. The molecule has 134 valence electrons. The van der Waals surface area contributed by atoms with E-state index >= 15 is 0 Å². The predicted octanol–water partition coefficient (Wildman–Crippen LogP) is 7.93. The molecule has 7 rings (SSSR count). The van der Waals surface area contributed by atoms with Crippen molar-refractivity contribution in [2.75, 3.05) is 0 Å². The maximum atomic E-state index is 3.77. The van der Waals surface area contributed by atoms with Crippen LogP contribution in [0.4, 0.5) is 0 Å². The van der Waals surface area contributed by atoms with Gasteiger partial charge in [0, 0.05) is 21.5 Å². The molecule has 1 nitrogen and oxygen atoms in total. The molecule has 29 heavy (non-hydrogen) atoms. The number of rotatable bonds is 0. The van der Waals surface area contributed by atoms with Crippen molar-refractivity contribution in [3.8, 4) is 0 Å². The summed E-state index contributed by atoms with van der Waals surface area (Å²) < 4.78 is 0. The maximum absolute atomic E-state index is 3.77. The number of hydrogen-bond acceptors (Lipinski definition) is 0. The average Bonchev–Trinajstić information content (AvgIpc) is 3.18. The van der Waals surface area contributed by atoms with Crippen LogP contribution in [-0.4, -0.2) is 4.98 Å². The van der Waals surface area contributed by atoms with E-state index in [0.29, 0.717) is 0 Å².